The molecule has 0 radical (unpaired) electrons. The summed E-state index contributed by atoms with van der Waals surface area (Å²) in [6.07, 6.45) is 46.5. The van der Waals surface area contributed by atoms with Gasteiger partial charge in [0.1, 0.15) is 0 Å². The minimum atomic E-state index is -2.72. The second kappa shape index (κ2) is 29.7. The van der Waals surface area contributed by atoms with Gasteiger partial charge in [-0.15, -0.1) is 0 Å². The third kappa shape index (κ3) is 16.5. The molecule has 61 heavy (non-hydrogen) atoms. The number of aryl methyl sites for hydroxylation is 6. The second-order valence-electron chi connectivity index (χ2n) is 19.6. The largest absolute Gasteiger partial charge is 0.159 e. The second-order valence-corrected chi connectivity index (χ2v) is 23.5. The standard InChI is InChI=1S/C60H94Si/c1-8-14-20-26-34-51-41-52(35-27-21-15-9-2)45-57(44-51)61(60-40-32-33-50(60)7,58-46-53(36-28-22-16-10-3)42-54(47-58)37-29-23-17-11-4)59-48-55(38-30-24-18-12-5)43-56(49-59)39-31-25-19-13-6/h32-33,40-49,60H,8-31,34-39H2,1-7H3. The summed E-state index contributed by atoms with van der Waals surface area (Å²) in [5.74, 6) is 0. The monoisotopic (exact) mass is 843 g/mol. The molecule has 0 N–H and O–H groups in total. The van der Waals surface area contributed by atoms with E-state index in [1.54, 1.807) is 54.5 Å². The Morgan fingerprint density at radius 1 is 0.328 bits per heavy atom. The van der Waals surface area contributed by atoms with E-state index in [9.17, 15) is 0 Å². The molecule has 1 heteroatoms. The quantitative estimate of drug-likeness (QED) is 0.0319. The van der Waals surface area contributed by atoms with Gasteiger partial charge in [0.2, 0.25) is 0 Å². The molecular formula is C60H94Si. The summed E-state index contributed by atoms with van der Waals surface area (Å²) in [6.45, 7) is 16.6. The van der Waals surface area contributed by atoms with Crippen molar-refractivity contribution in [3.8, 4) is 0 Å². The van der Waals surface area contributed by atoms with Gasteiger partial charge in [0, 0.05) is 5.54 Å². The highest BCUT2D eigenvalue weighted by molar-refractivity contribution is 7.13. The summed E-state index contributed by atoms with van der Waals surface area (Å²) in [7, 11) is -2.72. The van der Waals surface area contributed by atoms with Crippen LogP contribution in [-0.4, -0.2) is 8.07 Å². The molecule has 0 saturated heterocycles. The molecule has 0 heterocycles. The van der Waals surface area contributed by atoms with Crippen LogP contribution in [0, 0.1) is 0 Å². The Morgan fingerprint density at radius 2 is 0.574 bits per heavy atom. The van der Waals surface area contributed by atoms with Gasteiger partial charge in [-0.1, -0.05) is 236 Å². The third-order valence-corrected chi connectivity index (χ3v) is 19.2. The van der Waals surface area contributed by atoms with Crippen molar-refractivity contribution in [2.45, 2.75) is 247 Å². The van der Waals surface area contributed by atoms with E-state index < -0.39 is 8.07 Å². The first-order chi connectivity index (χ1) is 29.9. The number of unbranched alkanes of at least 4 members (excludes halogenated alkanes) is 18. The molecule has 0 nitrogen and oxygen atoms in total. The average Bonchev–Trinajstić information content (AvgIpc) is 3.70. The van der Waals surface area contributed by atoms with Crippen LogP contribution in [0.25, 0.3) is 0 Å². The summed E-state index contributed by atoms with van der Waals surface area (Å²) in [4.78, 5) is 0. The Labute approximate surface area is 380 Å². The maximum absolute atomic E-state index is 2.79. The SMILES string of the molecule is CCCCCCc1cc(CCCCCC)cc([Si](c2cc(CCCCCC)cc(CCCCCC)c2)(c2cc(CCCCCC)cc(CCCCCC)c2)C2C=CC=C2C)c1. The lowest BCUT2D eigenvalue weighted by Gasteiger charge is -2.41. The van der Waals surface area contributed by atoms with Crippen LogP contribution in [0.1, 0.15) is 236 Å². The molecule has 1 atom stereocenters. The van der Waals surface area contributed by atoms with Gasteiger partial charge in [-0.2, -0.15) is 0 Å². The molecule has 4 rings (SSSR count). The zero-order chi connectivity index (χ0) is 43.5. The van der Waals surface area contributed by atoms with E-state index in [-0.39, 0.29) is 0 Å². The lowest BCUT2D eigenvalue weighted by atomic mass is 10.00. The molecule has 1 aliphatic carbocycles. The Balaban J connectivity index is 2.09. The Morgan fingerprint density at radius 3 is 0.770 bits per heavy atom. The minimum absolute atomic E-state index is 0.405. The summed E-state index contributed by atoms with van der Waals surface area (Å²) in [5, 5.41) is 5.07. The molecule has 0 amide bonds. The first-order valence-corrected chi connectivity index (χ1v) is 28.8. The Kier molecular flexibility index (Phi) is 24.8. The normalized spacial score (nSPS) is 14.0. The fourth-order valence-electron chi connectivity index (χ4n) is 10.5. The van der Waals surface area contributed by atoms with Gasteiger partial charge >= 0.3 is 0 Å². The van der Waals surface area contributed by atoms with E-state index in [4.69, 9.17) is 0 Å². The lowest BCUT2D eigenvalue weighted by molar-refractivity contribution is 0.661. The molecule has 338 valence electrons. The third-order valence-electron chi connectivity index (χ3n) is 14.1. The van der Waals surface area contributed by atoms with Gasteiger partial charge in [0.15, 0.2) is 8.07 Å². The van der Waals surface area contributed by atoms with Crippen LogP contribution in [0.4, 0.5) is 0 Å². The van der Waals surface area contributed by atoms with Crippen LogP contribution in [0.15, 0.2) is 78.4 Å². The highest BCUT2D eigenvalue weighted by Crippen LogP contribution is 2.37. The molecule has 0 saturated carbocycles. The topological polar surface area (TPSA) is 0 Å². The fourth-order valence-corrected chi connectivity index (χ4v) is 16.2. The van der Waals surface area contributed by atoms with Gasteiger partial charge in [-0.05, 0) is 133 Å². The predicted molar refractivity (Wildman–Crippen MR) is 278 cm³/mol. The molecule has 1 unspecified atom stereocenters. The van der Waals surface area contributed by atoms with Crippen molar-refractivity contribution in [2.75, 3.05) is 0 Å². The van der Waals surface area contributed by atoms with Gasteiger partial charge < -0.3 is 0 Å². The van der Waals surface area contributed by atoms with E-state index in [0.717, 1.165) is 0 Å². The summed E-state index contributed by atoms with van der Waals surface area (Å²) in [5.41, 5.74) is 11.6. The molecule has 3 aromatic carbocycles. The van der Waals surface area contributed by atoms with Crippen LogP contribution in [0.5, 0.6) is 0 Å². The van der Waals surface area contributed by atoms with Crippen molar-refractivity contribution in [3.63, 3.8) is 0 Å². The highest BCUT2D eigenvalue weighted by Gasteiger charge is 2.48. The van der Waals surface area contributed by atoms with E-state index in [1.807, 2.05) is 0 Å². The van der Waals surface area contributed by atoms with Crippen molar-refractivity contribution in [3.05, 3.63) is 112 Å². The Bertz CT molecular complexity index is 1440. The van der Waals surface area contributed by atoms with Crippen LogP contribution >= 0.6 is 0 Å². The van der Waals surface area contributed by atoms with E-state index in [0.29, 0.717) is 5.54 Å². The van der Waals surface area contributed by atoms with Crippen LogP contribution in [-0.2, 0) is 38.5 Å². The maximum atomic E-state index is 2.79. The van der Waals surface area contributed by atoms with Gasteiger partial charge in [-0.25, -0.2) is 0 Å². The molecule has 0 aromatic heterocycles. The predicted octanol–water partition coefficient (Wildman–Crippen LogP) is 16.8. The van der Waals surface area contributed by atoms with Gasteiger partial charge in [0.05, 0.1) is 0 Å². The fraction of sp³-hybridized carbons (Fsp3) is 0.633. The minimum Gasteiger partial charge on any atom is -0.0791 e. The van der Waals surface area contributed by atoms with Crippen molar-refractivity contribution in [1.29, 1.82) is 0 Å². The molecule has 0 spiro atoms. The van der Waals surface area contributed by atoms with Gasteiger partial charge in [-0.3, -0.25) is 0 Å². The van der Waals surface area contributed by atoms with Crippen LogP contribution < -0.4 is 15.6 Å². The van der Waals surface area contributed by atoms with Crippen LogP contribution in [0.2, 0.25) is 5.54 Å². The Hall–Kier alpha value is -2.64. The van der Waals surface area contributed by atoms with Crippen LogP contribution in [0.3, 0.4) is 0 Å². The van der Waals surface area contributed by atoms with Crippen molar-refractivity contribution < 1.29 is 0 Å². The van der Waals surface area contributed by atoms with E-state index in [2.05, 4.69) is 121 Å². The number of rotatable bonds is 34. The molecule has 0 fully saturated rings. The van der Waals surface area contributed by atoms with E-state index >= 15 is 0 Å². The smallest absolute Gasteiger partial charge is 0.0791 e. The number of hydrogen-bond donors (Lipinski definition) is 0. The average molecular weight is 843 g/mol. The number of hydrogen-bond acceptors (Lipinski definition) is 0. The summed E-state index contributed by atoms with van der Waals surface area (Å²) < 4.78 is 0. The first kappa shape index (κ1) is 51.0. The molecule has 3 aromatic rings. The molecule has 0 aliphatic heterocycles. The zero-order valence-corrected chi connectivity index (χ0v) is 42.2. The molecular weight excluding hydrogens is 749 g/mol. The molecule has 0 bridgehead atoms. The zero-order valence-electron chi connectivity index (χ0n) is 41.2. The van der Waals surface area contributed by atoms with E-state index in [1.165, 1.54) is 193 Å². The van der Waals surface area contributed by atoms with Gasteiger partial charge in [0.25, 0.3) is 0 Å². The number of benzene rings is 3. The first-order valence-electron chi connectivity index (χ1n) is 26.7. The number of allylic oxidation sites excluding steroid dienone is 4. The van der Waals surface area contributed by atoms with Crippen molar-refractivity contribution in [2.24, 2.45) is 0 Å². The lowest BCUT2D eigenvalue weighted by Crippen LogP contribution is -2.70. The maximum Gasteiger partial charge on any atom is 0.159 e. The summed E-state index contributed by atoms with van der Waals surface area (Å²) in [6, 6.07) is 24.7. The summed E-state index contributed by atoms with van der Waals surface area (Å²) >= 11 is 0. The molecule has 1 aliphatic rings. The van der Waals surface area contributed by atoms with Crippen molar-refractivity contribution >= 4 is 23.6 Å². The highest BCUT2D eigenvalue weighted by atomic mass is 28.3. The van der Waals surface area contributed by atoms with Crippen molar-refractivity contribution in [1.82, 2.24) is 0 Å².